The summed E-state index contributed by atoms with van der Waals surface area (Å²) < 4.78 is 49.9. The van der Waals surface area contributed by atoms with Gasteiger partial charge in [0.25, 0.3) is 5.41 Å². The molecule has 0 aromatic heterocycles. The Labute approximate surface area is 149 Å². The molecule has 4 rings (SSSR count). The molecule has 2 unspecified atom stereocenters. The molecular weight excluding hydrogens is 362 g/mol. The van der Waals surface area contributed by atoms with E-state index in [1.54, 1.807) is 36.4 Å². The number of Topliss-reactive ketones (excluding diaryl/α,β-unsaturated/α-hetero) is 1. The molecule has 0 fully saturated rings. The normalized spacial score (nSPS) is 24.0. The summed E-state index contributed by atoms with van der Waals surface area (Å²) in [5.41, 5.74) is 0.928. The molecule has 8 heteroatoms. The van der Waals surface area contributed by atoms with Crippen molar-refractivity contribution in [1.29, 1.82) is 0 Å². The number of fused-ring (bicyclic) bond motifs is 2. The van der Waals surface area contributed by atoms with E-state index in [0.29, 0.717) is 22.6 Å². The van der Waals surface area contributed by atoms with Crippen LogP contribution >= 0.6 is 7.60 Å². The second-order valence-electron chi connectivity index (χ2n) is 6.00. The lowest BCUT2D eigenvalue weighted by molar-refractivity contribution is 0.0768. The fourth-order valence-corrected chi connectivity index (χ4v) is 5.24. The van der Waals surface area contributed by atoms with Crippen LogP contribution in [0.4, 0.5) is 4.39 Å². The van der Waals surface area contributed by atoms with Crippen LogP contribution in [0.25, 0.3) is 0 Å². The zero-order valence-corrected chi connectivity index (χ0v) is 15.0. The van der Waals surface area contributed by atoms with Gasteiger partial charge in [-0.1, -0.05) is 30.3 Å². The van der Waals surface area contributed by atoms with Crippen LogP contribution in [0.3, 0.4) is 0 Å². The van der Waals surface area contributed by atoms with E-state index in [4.69, 9.17) is 18.5 Å². The molecule has 0 amide bonds. The number of benzene rings is 2. The minimum absolute atomic E-state index is 0.0256. The lowest BCUT2D eigenvalue weighted by atomic mass is 9.91. The van der Waals surface area contributed by atoms with Gasteiger partial charge in [0.2, 0.25) is 12.6 Å². The van der Waals surface area contributed by atoms with Crippen LogP contribution in [0.1, 0.15) is 27.4 Å². The van der Waals surface area contributed by atoms with Crippen LogP contribution in [0, 0.1) is 0 Å². The van der Waals surface area contributed by atoms with Crippen molar-refractivity contribution in [3.05, 3.63) is 59.2 Å². The largest absolute Gasteiger partial charge is 0.454 e. The fraction of sp³-hybridized carbons (Fsp3) is 0.278. The summed E-state index contributed by atoms with van der Waals surface area (Å²) in [5.74, 6) is -1.36. The zero-order chi connectivity index (χ0) is 18.5. The fourth-order valence-electron chi connectivity index (χ4n) is 3.59. The van der Waals surface area contributed by atoms with Crippen molar-refractivity contribution in [3.8, 4) is 11.5 Å². The Bertz CT molecular complexity index is 923. The van der Waals surface area contributed by atoms with Crippen LogP contribution in [-0.2, 0) is 13.6 Å². The van der Waals surface area contributed by atoms with Crippen molar-refractivity contribution in [2.24, 2.45) is 0 Å². The lowest BCUT2D eigenvalue weighted by Crippen LogP contribution is -2.36. The number of ether oxygens (including phenoxy) is 2. The van der Waals surface area contributed by atoms with Gasteiger partial charge in [0.1, 0.15) is 0 Å². The number of halogens is 1. The third-order valence-corrected chi connectivity index (χ3v) is 7.03. The summed E-state index contributed by atoms with van der Waals surface area (Å²) in [6.45, 7) is 0.0256. The Kier molecular flexibility index (Phi) is 3.91. The van der Waals surface area contributed by atoms with E-state index in [1.807, 2.05) is 0 Å². The maximum absolute atomic E-state index is 16.3. The first-order chi connectivity index (χ1) is 12.5. The molecule has 136 valence electrons. The lowest BCUT2D eigenvalue weighted by Gasteiger charge is -2.31. The SMILES string of the molecule is COP(=O)(OC)C1(F)C(=O)c2cc3c(cc2C1c1ccccc1)OCO3. The van der Waals surface area contributed by atoms with E-state index in [-0.39, 0.29) is 12.4 Å². The molecule has 1 aliphatic heterocycles. The van der Waals surface area contributed by atoms with Crippen LogP contribution in [0.2, 0.25) is 0 Å². The van der Waals surface area contributed by atoms with Gasteiger partial charge < -0.3 is 18.5 Å². The van der Waals surface area contributed by atoms with Crippen molar-refractivity contribution in [1.82, 2.24) is 0 Å². The summed E-state index contributed by atoms with van der Waals surface area (Å²) in [7, 11) is -2.29. The summed E-state index contributed by atoms with van der Waals surface area (Å²) >= 11 is 0. The highest BCUT2D eigenvalue weighted by molar-refractivity contribution is 7.56. The summed E-state index contributed by atoms with van der Waals surface area (Å²) in [4.78, 5) is 13.1. The Hall–Kier alpha value is -2.21. The molecule has 2 atom stereocenters. The van der Waals surface area contributed by atoms with E-state index >= 15 is 4.39 Å². The van der Waals surface area contributed by atoms with Crippen LogP contribution in [0.15, 0.2) is 42.5 Å². The third kappa shape index (κ3) is 2.11. The Morgan fingerprint density at radius 2 is 1.73 bits per heavy atom. The van der Waals surface area contributed by atoms with Gasteiger partial charge in [-0.15, -0.1) is 0 Å². The highest BCUT2D eigenvalue weighted by atomic mass is 31.2. The molecular formula is C18H16FO6P. The van der Waals surface area contributed by atoms with E-state index < -0.39 is 24.7 Å². The van der Waals surface area contributed by atoms with Gasteiger partial charge in [-0.25, -0.2) is 4.39 Å². The Morgan fingerprint density at radius 3 is 2.35 bits per heavy atom. The highest BCUT2D eigenvalue weighted by Crippen LogP contribution is 2.70. The number of hydrogen-bond donors (Lipinski definition) is 0. The number of hydrogen-bond acceptors (Lipinski definition) is 6. The molecule has 0 saturated heterocycles. The maximum atomic E-state index is 16.3. The van der Waals surface area contributed by atoms with E-state index in [9.17, 15) is 9.36 Å². The van der Waals surface area contributed by atoms with E-state index in [0.717, 1.165) is 14.2 Å². The predicted molar refractivity (Wildman–Crippen MR) is 90.6 cm³/mol. The molecule has 0 spiro atoms. The van der Waals surface area contributed by atoms with Crippen LogP contribution < -0.4 is 9.47 Å². The predicted octanol–water partition coefficient (Wildman–Crippen LogP) is 3.90. The maximum Gasteiger partial charge on any atom is 0.376 e. The van der Waals surface area contributed by atoms with Gasteiger partial charge in [0, 0.05) is 19.8 Å². The molecule has 1 heterocycles. The first-order valence-corrected chi connectivity index (χ1v) is 9.44. The number of carbonyl (C=O) groups excluding carboxylic acids is 1. The number of ketones is 1. The quantitative estimate of drug-likeness (QED) is 0.752. The molecule has 0 radical (unpaired) electrons. The van der Waals surface area contributed by atoms with Gasteiger partial charge in [0.15, 0.2) is 11.5 Å². The molecule has 26 heavy (non-hydrogen) atoms. The van der Waals surface area contributed by atoms with Gasteiger partial charge in [0.05, 0.1) is 5.92 Å². The summed E-state index contributed by atoms with van der Waals surface area (Å²) in [6, 6.07) is 11.5. The Balaban J connectivity index is 2.01. The number of carbonyl (C=O) groups is 1. The molecule has 2 aromatic rings. The smallest absolute Gasteiger partial charge is 0.376 e. The van der Waals surface area contributed by atoms with Crippen molar-refractivity contribution < 1.29 is 32.3 Å². The average Bonchev–Trinajstić information content (AvgIpc) is 3.22. The number of alkyl halides is 1. The second-order valence-corrected chi connectivity index (χ2v) is 8.38. The van der Waals surface area contributed by atoms with Gasteiger partial charge in [-0.2, -0.15) is 0 Å². The summed E-state index contributed by atoms with van der Waals surface area (Å²) in [6.07, 6.45) is 0. The molecule has 2 aromatic carbocycles. The van der Waals surface area contributed by atoms with Crippen molar-refractivity contribution >= 4 is 13.4 Å². The van der Waals surface area contributed by atoms with Crippen LogP contribution in [0.5, 0.6) is 11.5 Å². The van der Waals surface area contributed by atoms with Gasteiger partial charge in [-0.05, 0) is 23.3 Å². The van der Waals surface area contributed by atoms with Crippen molar-refractivity contribution in [3.63, 3.8) is 0 Å². The minimum atomic E-state index is -4.42. The van der Waals surface area contributed by atoms with Gasteiger partial charge >= 0.3 is 7.60 Å². The highest BCUT2D eigenvalue weighted by Gasteiger charge is 2.67. The molecule has 0 N–H and O–H groups in total. The van der Waals surface area contributed by atoms with Crippen molar-refractivity contribution in [2.75, 3.05) is 21.0 Å². The first kappa shape index (κ1) is 17.2. The topological polar surface area (TPSA) is 71.1 Å². The molecule has 2 aliphatic rings. The van der Waals surface area contributed by atoms with Crippen molar-refractivity contribution in [2.45, 2.75) is 11.3 Å². The monoisotopic (exact) mass is 378 g/mol. The van der Waals surface area contributed by atoms with Gasteiger partial charge in [-0.3, -0.25) is 9.36 Å². The molecule has 1 aliphatic carbocycles. The second kappa shape index (κ2) is 5.91. The molecule has 6 nitrogen and oxygen atoms in total. The Morgan fingerprint density at radius 1 is 1.12 bits per heavy atom. The standard InChI is InChI=1S/C18H16FO6P/c1-22-26(21,23-2)18(19)16(11-6-4-3-5-7-11)12-8-14-15(25-10-24-14)9-13(12)17(18)20/h3-9,16H,10H2,1-2H3. The summed E-state index contributed by atoms with van der Waals surface area (Å²) in [5, 5.41) is -2.89. The molecule has 0 saturated carbocycles. The molecule has 0 bridgehead atoms. The third-order valence-electron chi connectivity index (χ3n) is 4.81. The minimum Gasteiger partial charge on any atom is -0.454 e. The van der Waals surface area contributed by atoms with E-state index in [1.165, 1.54) is 6.07 Å². The zero-order valence-electron chi connectivity index (χ0n) is 14.1. The first-order valence-electron chi connectivity index (χ1n) is 7.90. The number of rotatable bonds is 4. The van der Waals surface area contributed by atoms with Crippen LogP contribution in [-0.4, -0.2) is 32.2 Å². The van der Waals surface area contributed by atoms with E-state index in [2.05, 4.69) is 0 Å². The average molecular weight is 378 g/mol.